The van der Waals surface area contributed by atoms with Gasteiger partial charge in [0.15, 0.2) is 0 Å². The van der Waals surface area contributed by atoms with Gasteiger partial charge in [-0.05, 0) is 23.7 Å². The minimum absolute atomic E-state index is 0.167. The van der Waals surface area contributed by atoms with Crippen molar-refractivity contribution in [3.8, 4) is 0 Å². The number of rotatable bonds is 4. The standard InChI is InChI=1S/C13H17O4PS/c14-12(19)17-13-15-7-11(8-16-13)10-3-1-9(2-4-10)5-6-18/h1-4,11,13H,5-8,18H2,(H,14,19). The van der Waals surface area contributed by atoms with Crippen molar-refractivity contribution >= 4 is 27.2 Å². The molecule has 1 saturated heterocycles. The molecule has 0 bridgehead atoms. The summed E-state index contributed by atoms with van der Waals surface area (Å²) in [5.41, 5.74) is 2.49. The van der Waals surface area contributed by atoms with Crippen LogP contribution in [0.25, 0.3) is 0 Å². The second-order valence-electron chi connectivity index (χ2n) is 4.32. The SMILES string of the molecule is O=C(S)OC1OCC(c2ccc(CCP)cc2)CO1. The average Bonchev–Trinajstić information content (AvgIpc) is 2.40. The van der Waals surface area contributed by atoms with Gasteiger partial charge in [-0.25, -0.2) is 4.79 Å². The Bertz CT molecular complexity index is 415. The van der Waals surface area contributed by atoms with Crippen molar-refractivity contribution in [3.63, 3.8) is 0 Å². The van der Waals surface area contributed by atoms with Crippen LogP contribution in [0.15, 0.2) is 24.3 Å². The second-order valence-corrected chi connectivity index (χ2v) is 5.26. The predicted molar refractivity (Wildman–Crippen MR) is 78.6 cm³/mol. The Hall–Kier alpha value is -0.610. The number of carbonyl (C=O) groups is 1. The van der Waals surface area contributed by atoms with E-state index in [1.54, 1.807) is 0 Å². The highest BCUT2D eigenvalue weighted by molar-refractivity contribution is 7.96. The summed E-state index contributed by atoms with van der Waals surface area (Å²) in [5, 5.41) is -0.703. The van der Waals surface area contributed by atoms with Crippen molar-refractivity contribution in [1.29, 1.82) is 0 Å². The van der Waals surface area contributed by atoms with Crippen LogP contribution in [0.5, 0.6) is 0 Å². The van der Waals surface area contributed by atoms with Crippen LogP contribution in [0.3, 0.4) is 0 Å². The second kappa shape index (κ2) is 7.25. The van der Waals surface area contributed by atoms with Crippen LogP contribution in [-0.2, 0) is 20.6 Å². The maximum atomic E-state index is 10.6. The Labute approximate surface area is 120 Å². The van der Waals surface area contributed by atoms with Gasteiger partial charge in [0.2, 0.25) is 0 Å². The van der Waals surface area contributed by atoms with E-state index in [1.807, 2.05) is 0 Å². The molecule has 0 amide bonds. The van der Waals surface area contributed by atoms with Crippen LogP contribution in [0.4, 0.5) is 4.79 Å². The number of benzene rings is 1. The van der Waals surface area contributed by atoms with Gasteiger partial charge in [-0.1, -0.05) is 36.9 Å². The molecule has 4 nitrogen and oxygen atoms in total. The van der Waals surface area contributed by atoms with E-state index in [-0.39, 0.29) is 5.92 Å². The number of aryl methyl sites for hydroxylation is 1. The van der Waals surface area contributed by atoms with E-state index < -0.39 is 11.8 Å². The normalized spacial score (nSPS) is 23.1. The van der Waals surface area contributed by atoms with Crippen molar-refractivity contribution in [1.82, 2.24) is 0 Å². The highest BCUT2D eigenvalue weighted by atomic mass is 32.1. The summed E-state index contributed by atoms with van der Waals surface area (Å²) >= 11 is 3.51. The molecule has 104 valence electrons. The average molecular weight is 300 g/mol. The largest absolute Gasteiger partial charge is 0.402 e. The zero-order valence-corrected chi connectivity index (χ0v) is 12.5. The number of hydrogen-bond acceptors (Lipinski definition) is 4. The number of hydrogen-bond donors (Lipinski definition) is 1. The van der Waals surface area contributed by atoms with Crippen molar-refractivity contribution in [2.45, 2.75) is 18.8 Å². The molecule has 1 heterocycles. The van der Waals surface area contributed by atoms with E-state index in [9.17, 15) is 4.79 Å². The molecule has 1 unspecified atom stereocenters. The molecule has 1 aliphatic heterocycles. The summed E-state index contributed by atoms with van der Waals surface area (Å²) in [7, 11) is 2.72. The third kappa shape index (κ3) is 4.46. The minimum atomic E-state index is -0.933. The molecular weight excluding hydrogens is 283 g/mol. The predicted octanol–water partition coefficient (Wildman–Crippen LogP) is 2.58. The van der Waals surface area contributed by atoms with E-state index in [0.717, 1.165) is 12.6 Å². The molecule has 0 saturated carbocycles. The van der Waals surface area contributed by atoms with Crippen molar-refractivity contribution in [3.05, 3.63) is 35.4 Å². The monoisotopic (exact) mass is 300 g/mol. The first kappa shape index (κ1) is 14.8. The molecule has 0 aliphatic carbocycles. The lowest BCUT2D eigenvalue weighted by Crippen LogP contribution is -2.33. The van der Waals surface area contributed by atoms with Crippen molar-refractivity contribution < 1.29 is 19.0 Å². The first-order chi connectivity index (χ1) is 9.19. The molecule has 1 aromatic carbocycles. The fourth-order valence-electron chi connectivity index (χ4n) is 1.95. The van der Waals surface area contributed by atoms with E-state index in [2.05, 4.69) is 46.1 Å². The molecule has 1 atom stereocenters. The molecule has 19 heavy (non-hydrogen) atoms. The Morgan fingerprint density at radius 1 is 1.32 bits per heavy atom. The topological polar surface area (TPSA) is 44.8 Å². The Kier molecular flexibility index (Phi) is 5.64. The van der Waals surface area contributed by atoms with Gasteiger partial charge in [0, 0.05) is 5.92 Å². The Balaban J connectivity index is 1.88. The van der Waals surface area contributed by atoms with E-state index in [0.29, 0.717) is 13.2 Å². The summed E-state index contributed by atoms with van der Waals surface area (Å²) in [6, 6.07) is 8.44. The van der Waals surface area contributed by atoms with Gasteiger partial charge in [0.25, 0.3) is 0 Å². The molecule has 0 radical (unpaired) electrons. The summed E-state index contributed by atoms with van der Waals surface area (Å²) in [4.78, 5) is 10.6. The first-order valence-electron chi connectivity index (χ1n) is 6.10. The molecule has 0 aromatic heterocycles. The Morgan fingerprint density at radius 2 is 1.95 bits per heavy atom. The number of carbonyl (C=O) groups excluding carboxylic acids is 1. The van der Waals surface area contributed by atoms with Gasteiger partial charge in [-0.3, -0.25) is 0 Å². The zero-order valence-electron chi connectivity index (χ0n) is 10.5. The van der Waals surface area contributed by atoms with Gasteiger partial charge in [-0.2, -0.15) is 0 Å². The van der Waals surface area contributed by atoms with Crippen LogP contribution in [0.1, 0.15) is 17.0 Å². The zero-order chi connectivity index (χ0) is 13.7. The molecule has 2 rings (SSSR count). The highest BCUT2D eigenvalue weighted by Gasteiger charge is 2.25. The van der Waals surface area contributed by atoms with Crippen LogP contribution >= 0.6 is 21.9 Å². The van der Waals surface area contributed by atoms with Crippen molar-refractivity contribution in [2.24, 2.45) is 0 Å². The van der Waals surface area contributed by atoms with Gasteiger partial charge in [-0.15, -0.1) is 9.24 Å². The van der Waals surface area contributed by atoms with Crippen LogP contribution < -0.4 is 0 Å². The number of ether oxygens (including phenoxy) is 3. The molecule has 1 aromatic rings. The third-order valence-electron chi connectivity index (χ3n) is 2.95. The lowest BCUT2D eigenvalue weighted by molar-refractivity contribution is -0.287. The van der Waals surface area contributed by atoms with Gasteiger partial charge < -0.3 is 14.2 Å². The first-order valence-corrected chi connectivity index (χ1v) is 7.37. The third-order valence-corrected chi connectivity index (χ3v) is 3.34. The van der Waals surface area contributed by atoms with E-state index in [1.165, 1.54) is 11.1 Å². The minimum Gasteiger partial charge on any atom is -0.402 e. The molecular formula is C13H17O4PS. The summed E-state index contributed by atoms with van der Waals surface area (Å²) in [5.74, 6) is 0.167. The maximum Gasteiger partial charge on any atom is 0.368 e. The summed E-state index contributed by atoms with van der Waals surface area (Å²) < 4.78 is 15.3. The fourth-order valence-corrected chi connectivity index (χ4v) is 2.37. The molecule has 0 spiro atoms. The fraction of sp³-hybridized carbons (Fsp3) is 0.462. The van der Waals surface area contributed by atoms with Gasteiger partial charge in [0.1, 0.15) is 0 Å². The summed E-state index contributed by atoms with van der Waals surface area (Å²) in [6.45, 7) is 0.00119. The van der Waals surface area contributed by atoms with Crippen LogP contribution in [0, 0.1) is 0 Å². The number of thiol groups is 1. The van der Waals surface area contributed by atoms with Crippen LogP contribution in [-0.4, -0.2) is 31.2 Å². The smallest absolute Gasteiger partial charge is 0.368 e. The molecule has 1 fully saturated rings. The molecule has 1 aliphatic rings. The summed E-state index contributed by atoms with van der Waals surface area (Å²) in [6.07, 6.45) is 2.12. The quantitative estimate of drug-likeness (QED) is 0.527. The van der Waals surface area contributed by atoms with Crippen LogP contribution in [0.2, 0.25) is 0 Å². The van der Waals surface area contributed by atoms with E-state index >= 15 is 0 Å². The van der Waals surface area contributed by atoms with E-state index in [4.69, 9.17) is 14.2 Å². The Morgan fingerprint density at radius 3 is 2.47 bits per heavy atom. The molecule has 0 N–H and O–H groups in total. The van der Waals surface area contributed by atoms with Gasteiger partial charge >= 0.3 is 11.8 Å². The lowest BCUT2D eigenvalue weighted by Gasteiger charge is -2.28. The van der Waals surface area contributed by atoms with Gasteiger partial charge in [0.05, 0.1) is 13.2 Å². The lowest BCUT2D eigenvalue weighted by atomic mass is 9.98. The highest BCUT2D eigenvalue weighted by Crippen LogP contribution is 2.23. The van der Waals surface area contributed by atoms with Crippen molar-refractivity contribution in [2.75, 3.05) is 19.4 Å². The maximum absolute atomic E-state index is 10.6. The molecule has 6 heteroatoms.